The van der Waals surface area contributed by atoms with Gasteiger partial charge in [0, 0.05) is 0 Å². The van der Waals surface area contributed by atoms with Crippen LogP contribution in [-0.2, 0) is 0 Å². The average molecular weight is 339 g/mol. The van der Waals surface area contributed by atoms with E-state index in [1.165, 1.54) is 13.2 Å². The van der Waals surface area contributed by atoms with Crippen molar-refractivity contribution < 1.29 is 13.9 Å². The molecule has 1 unspecified atom stereocenters. The molecule has 0 aliphatic heterocycles. The van der Waals surface area contributed by atoms with Crippen molar-refractivity contribution in [1.82, 2.24) is 0 Å². The number of benzene rings is 2. The first-order chi connectivity index (χ1) is 9.56. The van der Waals surface area contributed by atoms with Gasteiger partial charge in [-0.1, -0.05) is 34.1 Å². The molecule has 0 N–H and O–H groups in total. The van der Waals surface area contributed by atoms with Crippen molar-refractivity contribution >= 4 is 15.9 Å². The maximum atomic E-state index is 13.8. The fourth-order valence-electron chi connectivity index (χ4n) is 2.09. The maximum Gasteiger partial charge on any atom is 0.165 e. The fourth-order valence-corrected chi connectivity index (χ4v) is 2.66. The Balaban J connectivity index is 2.33. The second kappa shape index (κ2) is 6.27. The molecule has 0 saturated heterocycles. The van der Waals surface area contributed by atoms with Gasteiger partial charge in [0.1, 0.15) is 5.75 Å². The summed E-state index contributed by atoms with van der Waals surface area (Å²) < 4.78 is 23.9. The Morgan fingerprint density at radius 3 is 2.00 bits per heavy atom. The first-order valence-corrected chi connectivity index (χ1v) is 7.10. The molecule has 0 saturated carbocycles. The molecule has 1 atom stereocenters. The lowest BCUT2D eigenvalue weighted by atomic mass is 10.0. The molecule has 0 aliphatic carbocycles. The number of rotatable bonds is 4. The Kier molecular flexibility index (Phi) is 4.65. The van der Waals surface area contributed by atoms with Crippen LogP contribution in [0.3, 0.4) is 0 Å². The van der Waals surface area contributed by atoms with Crippen molar-refractivity contribution in [3.05, 3.63) is 58.9 Å². The number of hydrogen-bond donors (Lipinski definition) is 0. The molecule has 2 aromatic rings. The van der Waals surface area contributed by atoms with Gasteiger partial charge >= 0.3 is 0 Å². The molecule has 20 heavy (non-hydrogen) atoms. The van der Waals surface area contributed by atoms with Gasteiger partial charge in [-0.05, 0) is 41.8 Å². The van der Waals surface area contributed by atoms with Crippen LogP contribution in [0.1, 0.15) is 21.5 Å². The quantitative estimate of drug-likeness (QED) is 0.756. The summed E-state index contributed by atoms with van der Waals surface area (Å²) in [4.78, 5) is -0.0764. The molecular formula is C16H16BrFO2. The van der Waals surface area contributed by atoms with E-state index in [2.05, 4.69) is 15.9 Å². The van der Waals surface area contributed by atoms with Gasteiger partial charge in [0.25, 0.3) is 0 Å². The van der Waals surface area contributed by atoms with Crippen LogP contribution in [0.15, 0.2) is 36.4 Å². The molecule has 2 aromatic carbocycles. The largest absolute Gasteiger partial charge is 0.496 e. The summed E-state index contributed by atoms with van der Waals surface area (Å²) in [5, 5.41) is 0. The van der Waals surface area contributed by atoms with Crippen molar-refractivity contribution in [2.24, 2.45) is 0 Å². The predicted molar refractivity (Wildman–Crippen MR) is 81.5 cm³/mol. The van der Waals surface area contributed by atoms with E-state index in [0.717, 1.165) is 22.4 Å². The Hall–Kier alpha value is -1.55. The minimum absolute atomic E-state index is 0.0764. The average Bonchev–Trinajstić information content (AvgIpc) is 2.46. The van der Waals surface area contributed by atoms with Crippen LogP contribution in [0.4, 0.5) is 4.39 Å². The van der Waals surface area contributed by atoms with Gasteiger partial charge in [-0.25, -0.2) is 4.39 Å². The second-order valence-corrected chi connectivity index (χ2v) is 5.40. The first-order valence-electron chi connectivity index (χ1n) is 6.19. The fraction of sp³-hybridized carbons (Fsp3) is 0.250. The van der Waals surface area contributed by atoms with E-state index in [-0.39, 0.29) is 16.4 Å². The zero-order valence-electron chi connectivity index (χ0n) is 11.6. The number of aryl methyl sites for hydroxylation is 1. The van der Waals surface area contributed by atoms with Crippen LogP contribution in [-0.4, -0.2) is 14.2 Å². The van der Waals surface area contributed by atoms with E-state index in [9.17, 15) is 4.39 Å². The smallest absolute Gasteiger partial charge is 0.165 e. The van der Waals surface area contributed by atoms with Gasteiger partial charge in [-0.3, -0.25) is 0 Å². The molecule has 2 rings (SSSR count). The van der Waals surface area contributed by atoms with Crippen LogP contribution in [0, 0.1) is 12.7 Å². The Morgan fingerprint density at radius 2 is 1.50 bits per heavy atom. The van der Waals surface area contributed by atoms with Crippen LogP contribution in [0.5, 0.6) is 11.5 Å². The van der Waals surface area contributed by atoms with Gasteiger partial charge in [-0.15, -0.1) is 0 Å². The summed E-state index contributed by atoms with van der Waals surface area (Å²) in [6, 6.07) is 10.9. The number of halogens is 2. The molecule has 2 nitrogen and oxygen atoms in total. The highest BCUT2D eigenvalue weighted by Gasteiger charge is 2.14. The minimum Gasteiger partial charge on any atom is -0.496 e. The van der Waals surface area contributed by atoms with Crippen molar-refractivity contribution in [2.45, 2.75) is 11.8 Å². The lowest BCUT2D eigenvalue weighted by Crippen LogP contribution is -1.97. The van der Waals surface area contributed by atoms with Crippen LogP contribution >= 0.6 is 15.9 Å². The van der Waals surface area contributed by atoms with Crippen LogP contribution in [0.25, 0.3) is 0 Å². The number of methoxy groups -OCH3 is 2. The zero-order valence-corrected chi connectivity index (χ0v) is 13.2. The van der Waals surface area contributed by atoms with E-state index in [1.54, 1.807) is 13.2 Å². The Labute approximate surface area is 126 Å². The SMILES string of the molecule is COc1ccc(C(Br)c2ccc(OC)c(F)c2)cc1C. The van der Waals surface area contributed by atoms with E-state index in [1.807, 2.05) is 31.2 Å². The summed E-state index contributed by atoms with van der Waals surface area (Å²) in [5.41, 5.74) is 2.93. The second-order valence-electron chi connectivity index (χ2n) is 4.49. The summed E-state index contributed by atoms with van der Waals surface area (Å²) in [6.45, 7) is 1.98. The highest BCUT2D eigenvalue weighted by atomic mass is 79.9. The Bertz CT molecular complexity index is 560. The maximum absolute atomic E-state index is 13.8. The number of ether oxygens (including phenoxy) is 2. The molecule has 4 heteroatoms. The predicted octanol–water partition coefficient (Wildman–Crippen LogP) is 4.64. The molecule has 0 amide bonds. The third-order valence-corrected chi connectivity index (χ3v) is 4.24. The third-order valence-electron chi connectivity index (χ3n) is 3.18. The monoisotopic (exact) mass is 338 g/mol. The van der Waals surface area contributed by atoms with Gasteiger partial charge in [0.2, 0.25) is 0 Å². The molecular weight excluding hydrogens is 323 g/mol. The lowest BCUT2D eigenvalue weighted by molar-refractivity contribution is 0.386. The summed E-state index contributed by atoms with van der Waals surface area (Å²) >= 11 is 3.61. The minimum atomic E-state index is -0.361. The molecule has 0 aromatic heterocycles. The number of alkyl halides is 1. The highest BCUT2D eigenvalue weighted by Crippen LogP contribution is 2.34. The Morgan fingerprint density at radius 1 is 0.950 bits per heavy atom. The zero-order chi connectivity index (χ0) is 14.7. The van der Waals surface area contributed by atoms with Crippen molar-refractivity contribution in [3.8, 4) is 11.5 Å². The summed E-state index contributed by atoms with van der Waals surface area (Å²) in [5.74, 6) is 0.730. The lowest BCUT2D eigenvalue weighted by Gasteiger charge is -2.14. The van der Waals surface area contributed by atoms with Gasteiger partial charge in [0.15, 0.2) is 11.6 Å². The van der Waals surface area contributed by atoms with Gasteiger partial charge in [0.05, 0.1) is 19.0 Å². The van der Waals surface area contributed by atoms with Crippen LogP contribution < -0.4 is 9.47 Å². The molecule has 0 bridgehead atoms. The molecule has 0 heterocycles. The molecule has 0 spiro atoms. The van der Waals surface area contributed by atoms with E-state index in [0.29, 0.717) is 0 Å². The summed E-state index contributed by atoms with van der Waals surface area (Å²) in [6.07, 6.45) is 0. The van der Waals surface area contributed by atoms with E-state index in [4.69, 9.17) is 9.47 Å². The third kappa shape index (κ3) is 2.96. The van der Waals surface area contributed by atoms with E-state index >= 15 is 0 Å². The molecule has 106 valence electrons. The molecule has 0 fully saturated rings. The molecule has 0 radical (unpaired) electrons. The topological polar surface area (TPSA) is 18.5 Å². The number of hydrogen-bond acceptors (Lipinski definition) is 2. The van der Waals surface area contributed by atoms with Crippen molar-refractivity contribution in [2.75, 3.05) is 14.2 Å². The van der Waals surface area contributed by atoms with E-state index < -0.39 is 0 Å². The first kappa shape index (κ1) is 14.9. The van der Waals surface area contributed by atoms with Gasteiger partial charge in [-0.2, -0.15) is 0 Å². The summed E-state index contributed by atoms with van der Waals surface area (Å²) in [7, 11) is 3.10. The van der Waals surface area contributed by atoms with Crippen molar-refractivity contribution in [3.63, 3.8) is 0 Å². The standard InChI is InChI=1S/C16H16BrFO2/c1-10-8-11(4-6-14(10)19-2)16(17)12-5-7-15(20-3)13(18)9-12/h4-9,16H,1-3H3. The normalized spacial score (nSPS) is 12.1. The van der Waals surface area contributed by atoms with Crippen molar-refractivity contribution in [1.29, 1.82) is 0 Å². The highest BCUT2D eigenvalue weighted by molar-refractivity contribution is 9.09. The van der Waals surface area contributed by atoms with Gasteiger partial charge < -0.3 is 9.47 Å². The molecule has 0 aliphatic rings. The van der Waals surface area contributed by atoms with Crippen LogP contribution in [0.2, 0.25) is 0 Å².